The maximum absolute atomic E-state index is 14.0. The SMILES string of the molecule is COc1ccc(C2(c3ccc(OC)cc3)C=Cc3c(O)cc4cccc(C(F)(F)F)c4c3O2)cc1. The standard InChI is InChI=1S/C28H21F3O4/c1-33-20-10-6-18(7-11-20)27(19-8-12-21(34-2)13-9-19)15-14-22-24(32)16-17-4-3-5-23(28(29,30)31)25(17)26(22)35-27/h3-16,32H,1-2H3. The van der Waals surface area contributed by atoms with Gasteiger partial charge in [0.1, 0.15) is 23.0 Å². The van der Waals surface area contributed by atoms with Crippen LogP contribution in [0.2, 0.25) is 0 Å². The monoisotopic (exact) mass is 478 g/mol. The lowest BCUT2D eigenvalue weighted by Gasteiger charge is -2.37. The summed E-state index contributed by atoms with van der Waals surface area (Å²) in [5, 5.41) is 10.8. The van der Waals surface area contributed by atoms with E-state index in [0.717, 1.165) is 6.07 Å². The van der Waals surface area contributed by atoms with E-state index in [9.17, 15) is 18.3 Å². The topological polar surface area (TPSA) is 47.9 Å². The molecule has 4 aromatic rings. The molecule has 0 aromatic heterocycles. The lowest BCUT2D eigenvalue weighted by Crippen LogP contribution is -2.34. The lowest BCUT2D eigenvalue weighted by atomic mass is 9.83. The molecule has 1 heterocycles. The predicted molar refractivity (Wildman–Crippen MR) is 127 cm³/mol. The van der Waals surface area contributed by atoms with Crippen molar-refractivity contribution in [2.75, 3.05) is 14.2 Å². The molecule has 4 nitrogen and oxygen atoms in total. The van der Waals surface area contributed by atoms with Crippen LogP contribution in [0, 0.1) is 0 Å². The maximum atomic E-state index is 14.0. The van der Waals surface area contributed by atoms with E-state index in [0.29, 0.717) is 22.6 Å². The summed E-state index contributed by atoms with van der Waals surface area (Å²) >= 11 is 0. The number of benzene rings is 4. The van der Waals surface area contributed by atoms with Crippen LogP contribution in [0.4, 0.5) is 13.2 Å². The summed E-state index contributed by atoms with van der Waals surface area (Å²) in [6.07, 6.45) is -1.27. The molecular formula is C28H21F3O4. The molecule has 4 aromatic carbocycles. The third-order valence-electron chi connectivity index (χ3n) is 6.23. The molecule has 1 aliphatic rings. The molecule has 0 amide bonds. The van der Waals surface area contributed by atoms with Crippen molar-refractivity contribution >= 4 is 16.8 Å². The first kappa shape index (κ1) is 22.7. The summed E-state index contributed by atoms with van der Waals surface area (Å²) in [4.78, 5) is 0. The Hall–Kier alpha value is -4.13. The van der Waals surface area contributed by atoms with E-state index in [1.165, 1.54) is 18.2 Å². The maximum Gasteiger partial charge on any atom is 0.417 e. The molecule has 0 radical (unpaired) electrons. The Labute approximate surface area is 199 Å². The fourth-order valence-corrected chi connectivity index (χ4v) is 4.47. The van der Waals surface area contributed by atoms with E-state index in [-0.39, 0.29) is 27.8 Å². The third-order valence-corrected chi connectivity index (χ3v) is 6.23. The van der Waals surface area contributed by atoms with Crippen LogP contribution in [0.5, 0.6) is 23.0 Å². The lowest BCUT2D eigenvalue weighted by molar-refractivity contribution is -0.136. The highest BCUT2D eigenvalue weighted by molar-refractivity contribution is 5.97. The van der Waals surface area contributed by atoms with Crippen molar-refractivity contribution in [1.82, 2.24) is 0 Å². The highest BCUT2D eigenvalue weighted by atomic mass is 19.4. The van der Waals surface area contributed by atoms with Crippen LogP contribution in [-0.4, -0.2) is 19.3 Å². The Balaban J connectivity index is 1.80. The van der Waals surface area contributed by atoms with Crippen molar-refractivity contribution in [2.24, 2.45) is 0 Å². The molecule has 35 heavy (non-hydrogen) atoms. The van der Waals surface area contributed by atoms with Crippen LogP contribution in [0.1, 0.15) is 22.3 Å². The zero-order valence-corrected chi connectivity index (χ0v) is 18.9. The van der Waals surface area contributed by atoms with E-state index in [1.54, 1.807) is 74.9 Å². The highest BCUT2D eigenvalue weighted by Crippen LogP contribution is 2.50. The largest absolute Gasteiger partial charge is 0.507 e. The third kappa shape index (κ3) is 3.73. The Kier molecular flexibility index (Phi) is 5.35. The fraction of sp³-hybridized carbons (Fsp3) is 0.143. The smallest absolute Gasteiger partial charge is 0.417 e. The first-order valence-electron chi connectivity index (χ1n) is 10.8. The molecule has 0 saturated carbocycles. The number of rotatable bonds is 4. The minimum absolute atomic E-state index is 0.0398. The molecule has 0 fully saturated rings. The Bertz CT molecular complexity index is 1370. The predicted octanol–water partition coefficient (Wildman–Crippen LogP) is 6.93. The van der Waals surface area contributed by atoms with Gasteiger partial charge >= 0.3 is 6.18 Å². The second kappa shape index (κ2) is 8.27. The van der Waals surface area contributed by atoms with Gasteiger partial charge in [0.2, 0.25) is 0 Å². The number of hydrogen-bond donors (Lipinski definition) is 1. The van der Waals surface area contributed by atoms with E-state index in [4.69, 9.17) is 14.2 Å². The quantitative estimate of drug-likeness (QED) is 0.346. The molecule has 1 N–H and O–H groups in total. The molecule has 178 valence electrons. The van der Waals surface area contributed by atoms with Crippen molar-refractivity contribution < 1.29 is 32.5 Å². The number of fused-ring (bicyclic) bond motifs is 3. The van der Waals surface area contributed by atoms with E-state index in [2.05, 4.69) is 0 Å². The zero-order chi connectivity index (χ0) is 24.8. The molecule has 0 bridgehead atoms. The van der Waals surface area contributed by atoms with Gasteiger partial charge in [0.15, 0.2) is 5.60 Å². The molecule has 7 heteroatoms. The zero-order valence-electron chi connectivity index (χ0n) is 18.9. The second-order valence-electron chi connectivity index (χ2n) is 8.17. The Morgan fingerprint density at radius 1 is 0.829 bits per heavy atom. The number of phenols is 1. The minimum Gasteiger partial charge on any atom is -0.507 e. The van der Waals surface area contributed by atoms with Crippen LogP contribution in [-0.2, 0) is 11.8 Å². The van der Waals surface area contributed by atoms with Gasteiger partial charge in [-0.05, 0) is 53.9 Å². The average Bonchev–Trinajstić information content (AvgIpc) is 2.87. The van der Waals surface area contributed by atoms with Gasteiger partial charge in [-0.3, -0.25) is 0 Å². The summed E-state index contributed by atoms with van der Waals surface area (Å²) in [7, 11) is 3.10. The molecule has 5 rings (SSSR count). The van der Waals surface area contributed by atoms with Crippen LogP contribution < -0.4 is 14.2 Å². The molecule has 0 saturated heterocycles. The van der Waals surface area contributed by atoms with Crippen LogP contribution in [0.25, 0.3) is 16.8 Å². The fourth-order valence-electron chi connectivity index (χ4n) is 4.47. The van der Waals surface area contributed by atoms with E-state index < -0.39 is 17.3 Å². The van der Waals surface area contributed by atoms with Gasteiger partial charge in [-0.2, -0.15) is 13.2 Å². The number of ether oxygens (including phenoxy) is 3. The van der Waals surface area contributed by atoms with Crippen LogP contribution in [0.15, 0.2) is 78.9 Å². The first-order chi connectivity index (χ1) is 16.8. The van der Waals surface area contributed by atoms with Gasteiger partial charge < -0.3 is 19.3 Å². The average molecular weight is 478 g/mol. The summed E-state index contributed by atoms with van der Waals surface area (Å²) in [6, 6.07) is 19.4. The van der Waals surface area contributed by atoms with Gasteiger partial charge in [-0.15, -0.1) is 0 Å². The molecule has 0 unspecified atom stereocenters. The molecular weight excluding hydrogens is 457 g/mol. The molecule has 0 spiro atoms. The van der Waals surface area contributed by atoms with Gasteiger partial charge in [0.05, 0.1) is 25.3 Å². The number of phenolic OH excluding ortho intramolecular Hbond substituents is 1. The van der Waals surface area contributed by atoms with Crippen molar-refractivity contribution in [3.8, 4) is 23.0 Å². The van der Waals surface area contributed by atoms with E-state index >= 15 is 0 Å². The summed E-state index contributed by atoms with van der Waals surface area (Å²) in [5.41, 5.74) is -0.574. The summed E-state index contributed by atoms with van der Waals surface area (Å²) in [5.74, 6) is 1.05. The normalized spacial score (nSPS) is 14.3. The Morgan fingerprint density at radius 3 is 1.91 bits per heavy atom. The second-order valence-corrected chi connectivity index (χ2v) is 8.17. The number of alkyl halides is 3. The summed E-state index contributed by atoms with van der Waals surface area (Å²) in [6.45, 7) is 0. The van der Waals surface area contributed by atoms with Gasteiger partial charge in [0, 0.05) is 16.5 Å². The van der Waals surface area contributed by atoms with E-state index in [1.807, 2.05) is 0 Å². The van der Waals surface area contributed by atoms with Crippen molar-refractivity contribution in [1.29, 1.82) is 0 Å². The van der Waals surface area contributed by atoms with Gasteiger partial charge in [-0.1, -0.05) is 36.4 Å². The number of methoxy groups -OCH3 is 2. The number of hydrogen-bond acceptors (Lipinski definition) is 4. The number of aromatic hydroxyl groups is 1. The van der Waals surface area contributed by atoms with Crippen molar-refractivity contribution in [2.45, 2.75) is 11.8 Å². The molecule has 0 aliphatic carbocycles. The molecule has 0 atom stereocenters. The summed E-state index contributed by atoms with van der Waals surface area (Å²) < 4.78 is 59.2. The first-order valence-corrected chi connectivity index (χ1v) is 10.8. The van der Waals surface area contributed by atoms with Crippen molar-refractivity contribution in [3.63, 3.8) is 0 Å². The van der Waals surface area contributed by atoms with Gasteiger partial charge in [-0.25, -0.2) is 0 Å². The van der Waals surface area contributed by atoms with Gasteiger partial charge in [0.25, 0.3) is 0 Å². The molecule has 1 aliphatic heterocycles. The minimum atomic E-state index is -4.61. The van der Waals surface area contributed by atoms with Crippen LogP contribution in [0.3, 0.4) is 0 Å². The highest BCUT2D eigenvalue weighted by Gasteiger charge is 2.41. The van der Waals surface area contributed by atoms with Crippen molar-refractivity contribution in [3.05, 3.63) is 101 Å². The number of halogens is 3. The Morgan fingerprint density at radius 2 is 1.40 bits per heavy atom. The van der Waals surface area contributed by atoms with Crippen LogP contribution >= 0.6 is 0 Å².